The Morgan fingerprint density at radius 1 is 0.800 bits per heavy atom. The second-order valence-electron chi connectivity index (χ2n) is 3.14. The number of aliphatic imine (C=N–C) groups is 1. The van der Waals surface area contributed by atoms with Gasteiger partial charge in [-0.05, 0) is 23.3 Å². The Morgan fingerprint density at radius 3 is 2.00 bits per heavy atom. The largest absolute Gasteiger partial charge is 0.241 e. The van der Waals surface area contributed by atoms with Crippen molar-refractivity contribution in [3.63, 3.8) is 0 Å². The summed E-state index contributed by atoms with van der Waals surface area (Å²) in [6, 6.07) is 19.9. The standard InChI is InChI=1S/C13H10N2/c14-10-15-13-8-6-12(7-9-13)11-4-2-1-3-5-11/h1-9,14H. The van der Waals surface area contributed by atoms with E-state index in [1.54, 1.807) is 0 Å². The average Bonchev–Trinajstić information content (AvgIpc) is 2.32. The van der Waals surface area contributed by atoms with Gasteiger partial charge in [0.2, 0.25) is 0 Å². The van der Waals surface area contributed by atoms with E-state index in [9.17, 15) is 0 Å². The van der Waals surface area contributed by atoms with Crippen LogP contribution in [0.15, 0.2) is 59.6 Å². The molecule has 2 aromatic carbocycles. The van der Waals surface area contributed by atoms with Crippen LogP contribution < -0.4 is 0 Å². The van der Waals surface area contributed by atoms with Crippen LogP contribution in [0.4, 0.5) is 5.69 Å². The quantitative estimate of drug-likeness (QED) is 0.707. The molecule has 0 aliphatic rings. The summed E-state index contributed by atoms with van der Waals surface area (Å²) < 4.78 is 0. The maximum absolute atomic E-state index is 6.74. The molecule has 0 aliphatic heterocycles. The molecular formula is C13H10N2. The molecule has 0 fully saturated rings. The topological polar surface area (TPSA) is 36.2 Å². The van der Waals surface area contributed by atoms with Crippen molar-refractivity contribution in [2.45, 2.75) is 0 Å². The number of nitrogens with one attached hydrogen (secondary N) is 1. The molecular weight excluding hydrogens is 184 g/mol. The lowest BCUT2D eigenvalue weighted by Gasteiger charge is -2.00. The molecule has 15 heavy (non-hydrogen) atoms. The molecule has 0 heterocycles. The predicted octanol–water partition coefficient (Wildman–Crippen LogP) is 3.74. The Balaban J connectivity index is 2.36. The zero-order chi connectivity index (χ0) is 10.5. The van der Waals surface area contributed by atoms with Gasteiger partial charge in [-0.3, -0.25) is 0 Å². The molecule has 2 aromatic rings. The molecule has 2 nitrogen and oxygen atoms in total. The van der Waals surface area contributed by atoms with Gasteiger partial charge in [0, 0.05) is 0 Å². The van der Waals surface area contributed by atoms with Gasteiger partial charge in [-0.2, -0.15) is 4.99 Å². The highest BCUT2D eigenvalue weighted by Crippen LogP contribution is 2.21. The van der Waals surface area contributed by atoms with Crippen molar-refractivity contribution in [2.24, 2.45) is 4.99 Å². The molecule has 72 valence electrons. The van der Waals surface area contributed by atoms with Crippen molar-refractivity contribution in [3.05, 3.63) is 54.6 Å². The Kier molecular flexibility index (Phi) is 2.72. The van der Waals surface area contributed by atoms with Crippen molar-refractivity contribution in [1.29, 1.82) is 5.41 Å². The lowest BCUT2D eigenvalue weighted by molar-refractivity contribution is 1.48. The predicted molar refractivity (Wildman–Crippen MR) is 61.7 cm³/mol. The third kappa shape index (κ3) is 2.19. The summed E-state index contributed by atoms with van der Waals surface area (Å²) in [5, 5.41) is 6.74. The second-order valence-corrected chi connectivity index (χ2v) is 3.14. The maximum Gasteiger partial charge on any atom is 0.0918 e. The number of nitrogens with zero attached hydrogens (tertiary/aromatic N) is 1. The van der Waals surface area contributed by atoms with Crippen LogP contribution in [-0.2, 0) is 0 Å². The monoisotopic (exact) mass is 194 g/mol. The van der Waals surface area contributed by atoms with E-state index < -0.39 is 0 Å². The summed E-state index contributed by atoms with van der Waals surface area (Å²) in [7, 11) is 0. The number of benzene rings is 2. The van der Waals surface area contributed by atoms with Crippen molar-refractivity contribution in [3.8, 4) is 11.1 Å². The first-order chi connectivity index (χ1) is 7.40. The van der Waals surface area contributed by atoms with E-state index in [1.165, 1.54) is 5.56 Å². The van der Waals surface area contributed by atoms with Crippen LogP contribution in [0.3, 0.4) is 0 Å². The molecule has 0 unspecified atom stereocenters. The molecule has 0 spiro atoms. The molecule has 2 rings (SSSR count). The van der Waals surface area contributed by atoms with Crippen molar-refractivity contribution >= 4 is 11.7 Å². The van der Waals surface area contributed by atoms with Gasteiger partial charge in [-0.1, -0.05) is 42.5 Å². The normalized spacial score (nSPS) is 9.33. The van der Waals surface area contributed by atoms with Crippen molar-refractivity contribution in [2.75, 3.05) is 0 Å². The lowest BCUT2D eigenvalue weighted by Crippen LogP contribution is -1.75. The molecule has 0 bridgehead atoms. The molecule has 0 amide bonds. The summed E-state index contributed by atoms with van der Waals surface area (Å²) >= 11 is 0. The van der Waals surface area contributed by atoms with Crippen LogP contribution in [0, 0.1) is 5.41 Å². The van der Waals surface area contributed by atoms with Crippen LogP contribution in [0.2, 0.25) is 0 Å². The van der Waals surface area contributed by atoms with Gasteiger partial charge >= 0.3 is 0 Å². The summed E-state index contributed by atoms with van der Waals surface area (Å²) in [5.41, 5.74) is 3.09. The number of hydrogen-bond acceptors (Lipinski definition) is 2. The average molecular weight is 194 g/mol. The van der Waals surface area contributed by atoms with Crippen LogP contribution in [-0.4, -0.2) is 6.01 Å². The summed E-state index contributed by atoms with van der Waals surface area (Å²) in [4.78, 5) is 3.76. The zero-order valence-electron chi connectivity index (χ0n) is 8.14. The highest BCUT2D eigenvalue weighted by molar-refractivity contribution is 5.65. The first-order valence-electron chi connectivity index (χ1n) is 4.68. The van der Waals surface area contributed by atoms with Crippen LogP contribution in [0.5, 0.6) is 0 Å². The summed E-state index contributed by atoms with van der Waals surface area (Å²) in [5.74, 6) is 0. The summed E-state index contributed by atoms with van der Waals surface area (Å²) in [6.45, 7) is 0. The van der Waals surface area contributed by atoms with Crippen LogP contribution >= 0.6 is 0 Å². The fourth-order valence-electron chi connectivity index (χ4n) is 1.42. The van der Waals surface area contributed by atoms with Gasteiger partial charge in [0.05, 0.1) is 11.7 Å². The van der Waals surface area contributed by atoms with E-state index in [1.807, 2.05) is 48.5 Å². The minimum atomic E-state index is 0.754. The maximum atomic E-state index is 6.74. The number of hydrogen-bond donors (Lipinski definition) is 1. The van der Waals surface area contributed by atoms with Gasteiger partial charge < -0.3 is 0 Å². The summed E-state index contributed by atoms with van der Waals surface area (Å²) in [6.07, 6.45) is 0. The Labute approximate surface area is 88.4 Å². The zero-order valence-corrected chi connectivity index (χ0v) is 8.14. The minimum Gasteiger partial charge on any atom is -0.241 e. The molecule has 0 radical (unpaired) electrons. The van der Waals surface area contributed by atoms with Crippen LogP contribution in [0.25, 0.3) is 11.1 Å². The smallest absolute Gasteiger partial charge is 0.0918 e. The molecule has 0 saturated carbocycles. The van der Waals surface area contributed by atoms with E-state index in [4.69, 9.17) is 5.41 Å². The Hall–Kier alpha value is -2.18. The first-order valence-corrected chi connectivity index (χ1v) is 4.68. The third-order valence-electron chi connectivity index (χ3n) is 2.16. The molecule has 2 heteroatoms. The van der Waals surface area contributed by atoms with E-state index >= 15 is 0 Å². The van der Waals surface area contributed by atoms with Gasteiger partial charge in [0.25, 0.3) is 0 Å². The van der Waals surface area contributed by atoms with Gasteiger partial charge in [0.15, 0.2) is 0 Å². The molecule has 0 aromatic heterocycles. The third-order valence-corrected chi connectivity index (χ3v) is 2.16. The van der Waals surface area contributed by atoms with Gasteiger partial charge in [-0.15, -0.1) is 0 Å². The fourth-order valence-corrected chi connectivity index (χ4v) is 1.42. The van der Waals surface area contributed by atoms with E-state index in [0.29, 0.717) is 0 Å². The lowest BCUT2D eigenvalue weighted by atomic mass is 10.1. The minimum absolute atomic E-state index is 0.754. The highest BCUT2D eigenvalue weighted by Gasteiger charge is 1.95. The Bertz CT molecular complexity index is 480. The van der Waals surface area contributed by atoms with Crippen molar-refractivity contribution < 1.29 is 0 Å². The van der Waals surface area contributed by atoms with E-state index in [0.717, 1.165) is 11.3 Å². The second kappa shape index (κ2) is 4.36. The first kappa shape index (κ1) is 9.38. The molecule has 0 aliphatic carbocycles. The van der Waals surface area contributed by atoms with E-state index in [-0.39, 0.29) is 0 Å². The fraction of sp³-hybridized carbons (Fsp3) is 0. The Morgan fingerprint density at radius 2 is 1.40 bits per heavy atom. The number of rotatable bonds is 2. The highest BCUT2D eigenvalue weighted by atomic mass is 14.7. The molecule has 1 N–H and O–H groups in total. The molecule has 0 saturated heterocycles. The van der Waals surface area contributed by atoms with Crippen LogP contribution in [0.1, 0.15) is 0 Å². The molecule has 0 atom stereocenters. The van der Waals surface area contributed by atoms with Gasteiger partial charge in [-0.25, -0.2) is 5.41 Å². The SMILES string of the molecule is N=C=Nc1ccc(-c2ccccc2)cc1. The van der Waals surface area contributed by atoms with Gasteiger partial charge in [0.1, 0.15) is 0 Å². The van der Waals surface area contributed by atoms with E-state index in [2.05, 4.69) is 17.1 Å². The van der Waals surface area contributed by atoms with Crippen molar-refractivity contribution in [1.82, 2.24) is 0 Å².